The molecule has 1 N–H and O–H groups in total. The maximum atomic E-state index is 6.03. The van der Waals surface area contributed by atoms with Crippen molar-refractivity contribution in [3.8, 4) is 5.75 Å². The van der Waals surface area contributed by atoms with Gasteiger partial charge in [0.05, 0.1) is 0 Å². The van der Waals surface area contributed by atoms with E-state index in [-0.39, 0.29) is 12.1 Å². The van der Waals surface area contributed by atoms with Gasteiger partial charge in [0, 0.05) is 24.5 Å². The van der Waals surface area contributed by atoms with E-state index in [9.17, 15) is 0 Å². The maximum absolute atomic E-state index is 6.03. The predicted octanol–water partition coefficient (Wildman–Crippen LogP) is 3.58. The highest BCUT2D eigenvalue weighted by Crippen LogP contribution is 2.23. The zero-order valence-corrected chi connectivity index (χ0v) is 13.5. The second kappa shape index (κ2) is 7.48. The van der Waals surface area contributed by atoms with Crippen LogP contribution < -0.4 is 10.1 Å². The molecule has 0 aliphatic heterocycles. The van der Waals surface area contributed by atoms with Gasteiger partial charge in [0.2, 0.25) is 0 Å². The van der Waals surface area contributed by atoms with Gasteiger partial charge >= 0.3 is 0 Å². The van der Waals surface area contributed by atoms with Gasteiger partial charge in [-0.3, -0.25) is 0 Å². The van der Waals surface area contributed by atoms with E-state index in [2.05, 4.69) is 17.2 Å². The number of aryl methyl sites for hydroxylation is 1. The zero-order valence-electron chi connectivity index (χ0n) is 12.7. The molecule has 0 saturated heterocycles. The summed E-state index contributed by atoms with van der Waals surface area (Å²) < 4.78 is 8.05. The van der Waals surface area contributed by atoms with Gasteiger partial charge < -0.3 is 14.6 Å². The van der Waals surface area contributed by atoms with E-state index >= 15 is 0 Å². The number of imidazole rings is 1. The summed E-state index contributed by atoms with van der Waals surface area (Å²) in [6.07, 6.45) is 4.76. The Morgan fingerprint density at radius 1 is 1.43 bits per heavy atom. The third-order valence-corrected chi connectivity index (χ3v) is 3.57. The number of hydrogen-bond donors (Lipinski definition) is 1. The molecular weight excluding hydrogens is 286 g/mol. The first-order valence-electron chi connectivity index (χ1n) is 7.24. The molecule has 2 unspecified atom stereocenters. The number of nitrogens with zero attached hydrogens (tertiary/aromatic N) is 2. The summed E-state index contributed by atoms with van der Waals surface area (Å²) >= 11 is 6.00. The van der Waals surface area contributed by atoms with Crippen molar-refractivity contribution in [3.05, 3.63) is 47.5 Å². The number of halogens is 1. The molecule has 0 spiro atoms. The summed E-state index contributed by atoms with van der Waals surface area (Å²) in [6, 6.07) is 7.50. The van der Waals surface area contributed by atoms with Crippen LogP contribution in [0.2, 0.25) is 5.02 Å². The molecule has 21 heavy (non-hydrogen) atoms. The minimum Gasteiger partial charge on any atom is -0.489 e. The van der Waals surface area contributed by atoms with E-state index in [0.717, 1.165) is 24.5 Å². The Bertz CT molecular complexity index is 570. The number of aromatic nitrogens is 2. The number of benzene rings is 1. The van der Waals surface area contributed by atoms with Gasteiger partial charge in [-0.2, -0.15) is 0 Å². The van der Waals surface area contributed by atoms with Gasteiger partial charge in [0.15, 0.2) is 0 Å². The van der Waals surface area contributed by atoms with Crippen LogP contribution in [0.25, 0.3) is 0 Å². The standard InChI is InChI=1S/C16H22ClN3O/c1-4-8-18-15(16-19-9-10-20(16)3)12(2)21-14-7-5-6-13(17)11-14/h5-7,9-12,15,18H,4,8H2,1-3H3. The van der Waals surface area contributed by atoms with E-state index < -0.39 is 0 Å². The molecule has 0 aliphatic carbocycles. The Balaban J connectivity index is 2.14. The predicted molar refractivity (Wildman–Crippen MR) is 85.8 cm³/mol. The smallest absolute Gasteiger partial charge is 0.129 e. The Morgan fingerprint density at radius 3 is 2.86 bits per heavy atom. The summed E-state index contributed by atoms with van der Waals surface area (Å²) in [5, 5.41) is 4.18. The monoisotopic (exact) mass is 307 g/mol. The van der Waals surface area contributed by atoms with E-state index in [1.54, 1.807) is 0 Å². The fourth-order valence-electron chi connectivity index (χ4n) is 2.27. The van der Waals surface area contributed by atoms with Gasteiger partial charge in [-0.1, -0.05) is 24.6 Å². The molecule has 1 aromatic heterocycles. The molecule has 1 heterocycles. The van der Waals surface area contributed by atoms with E-state index in [0.29, 0.717) is 5.02 Å². The first-order valence-corrected chi connectivity index (χ1v) is 7.62. The van der Waals surface area contributed by atoms with Crippen LogP contribution in [-0.4, -0.2) is 22.2 Å². The van der Waals surface area contributed by atoms with Crippen LogP contribution >= 0.6 is 11.6 Å². The van der Waals surface area contributed by atoms with E-state index in [1.165, 1.54) is 0 Å². The zero-order chi connectivity index (χ0) is 15.2. The van der Waals surface area contributed by atoms with Crippen molar-refractivity contribution in [2.75, 3.05) is 6.54 Å². The summed E-state index contributed by atoms with van der Waals surface area (Å²) in [4.78, 5) is 4.44. The normalized spacial score (nSPS) is 13.9. The minimum atomic E-state index is -0.0592. The van der Waals surface area contributed by atoms with Crippen molar-refractivity contribution < 1.29 is 4.74 Å². The van der Waals surface area contributed by atoms with Crippen LogP contribution in [-0.2, 0) is 7.05 Å². The largest absolute Gasteiger partial charge is 0.489 e. The molecular formula is C16H22ClN3O. The Kier molecular flexibility index (Phi) is 5.65. The third-order valence-electron chi connectivity index (χ3n) is 3.34. The Morgan fingerprint density at radius 2 is 2.24 bits per heavy atom. The molecule has 1 aromatic carbocycles. The van der Waals surface area contributed by atoms with E-state index in [1.807, 2.05) is 55.2 Å². The fraction of sp³-hybridized carbons (Fsp3) is 0.438. The summed E-state index contributed by atoms with van der Waals surface area (Å²) in [6.45, 7) is 5.11. The van der Waals surface area contributed by atoms with Crippen molar-refractivity contribution in [1.29, 1.82) is 0 Å². The van der Waals surface area contributed by atoms with Crippen molar-refractivity contribution in [3.63, 3.8) is 0 Å². The Labute approximate surface area is 131 Å². The number of nitrogens with one attached hydrogen (secondary N) is 1. The van der Waals surface area contributed by atoms with Crippen LogP contribution in [0.4, 0.5) is 0 Å². The quantitative estimate of drug-likeness (QED) is 0.850. The highest BCUT2D eigenvalue weighted by atomic mass is 35.5. The van der Waals surface area contributed by atoms with Crippen molar-refractivity contribution >= 4 is 11.6 Å². The summed E-state index contributed by atoms with van der Waals surface area (Å²) in [5.74, 6) is 1.74. The first-order chi connectivity index (χ1) is 10.1. The second-order valence-corrected chi connectivity index (χ2v) is 5.54. The highest BCUT2D eigenvalue weighted by Gasteiger charge is 2.23. The fourth-order valence-corrected chi connectivity index (χ4v) is 2.45. The van der Waals surface area contributed by atoms with Crippen LogP contribution in [0.1, 0.15) is 32.1 Å². The average Bonchev–Trinajstić information content (AvgIpc) is 2.86. The lowest BCUT2D eigenvalue weighted by Crippen LogP contribution is -2.36. The molecule has 2 atom stereocenters. The van der Waals surface area contributed by atoms with Crippen LogP contribution in [0.15, 0.2) is 36.7 Å². The van der Waals surface area contributed by atoms with Crippen molar-refractivity contribution in [1.82, 2.24) is 14.9 Å². The average molecular weight is 308 g/mol. The lowest BCUT2D eigenvalue weighted by atomic mass is 10.1. The Hall–Kier alpha value is -1.52. The van der Waals surface area contributed by atoms with Crippen LogP contribution in [0, 0.1) is 0 Å². The maximum Gasteiger partial charge on any atom is 0.129 e. The highest BCUT2D eigenvalue weighted by molar-refractivity contribution is 6.30. The molecule has 4 nitrogen and oxygen atoms in total. The molecule has 0 fully saturated rings. The molecule has 2 rings (SSSR count). The molecule has 0 radical (unpaired) electrons. The molecule has 0 amide bonds. The van der Waals surface area contributed by atoms with Crippen LogP contribution in [0.3, 0.4) is 0 Å². The van der Waals surface area contributed by atoms with Gasteiger partial charge in [-0.15, -0.1) is 0 Å². The molecule has 0 saturated carbocycles. The van der Waals surface area contributed by atoms with Gasteiger partial charge in [0.25, 0.3) is 0 Å². The molecule has 5 heteroatoms. The number of ether oxygens (including phenoxy) is 1. The SMILES string of the molecule is CCCNC(c1nccn1C)C(C)Oc1cccc(Cl)c1. The van der Waals surface area contributed by atoms with Crippen molar-refractivity contribution in [2.24, 2.45) is 7.05 Å². The minimum absolute atomic E-state index is 0.0314. The first kappa shape index (κ1) is 15.9. The molecule has 114 valence electrons. The topological polar surface area (TPSA) is 39.1 Å². The second-order valence-electron chi connectivity index (χ2n) is 5.11. The number of rotatable bonds is 7. The molecule has 2 aromatic rings. The van der Waals surface area contributed by atoms with Gasteiger partial charge in [-0.25, -0.2) is 4.98 Å². The van der Waals surface area contributed by atoms with Crippen molar-refractivity contribution in [2.45, 2.75) is 32.4 Å². The summed E-state index contributed by atoms with van der Waals surface area (Å²) in [7, 11) is 2.00. The molecule has 0 aliphatic rings. The van der Waals surface area contributed by atoms with Gasteiger partial charge in [0.1, 0.15) is 23.7 Å². The third kappa shape index (κ3) is 4.22. The lowest BCUT2D eigenvalue weighted by molar-refractivity contribution is 0.164. The molecule has 0 bridgehead atoms. The van der Waals surface area contributed by atoms with E-state index in [4.69, 9.17) is 16.3 Å². The van der Waals surface area contributed by atoms with Gasteiger partial charge in [-0.05, 0) is 38.1 Å². The lowest BCUT2D eigenvalue weighted by Gasteiger charge is -2.25. The van der Waals surface area contributed by atoms with Crippen LogP contribution in [0.5, 0.6) is 5.75 Å². The summed E-state index contributed by atoms with van der Waals surface area (Å²) in [5.41, 5.74) is 0. The number of hydrogen-bond acceptors (Lipinski definition) is 3.